The number of amides is 2. The zero-order chi connectivity index (χ0) is 31.2. The Bertz CT molecular complexity index is 806. The summed E-state index contributed by atoms with van der Waals surface area (Å²) in [5, 5.41) is 6.11. The minimum Gasteiger partial charge on any atom is -0.324 e. The van der Waals surface area contributed by atoms with E-state index in [4.69, 9.17) is 0 Å². The average molecular weight is 599 g/mol. The number of carbonyl (C=O) groups is 2. The van der Waals surface area contributed by atoms with Crippen molar-refractivity contribution in [3.05, 3.63) is 23.8 Å². The second kappa shape index (κ2) is 28.9. The van der Waals surface area contributed by atoms with Crippen LogP contribution in [0.4, 0.5) is 11.4 Å². The Morgan fingerprint density at radius 1 is 0.442 bits per heavy atom. The van der Waals surface area contributed by atoms with Crippen LogP contribution in [-0.2, 0) is 9.59 Å². The van der Waals surface area contributed by atoms with Crippen molar-refractivity contribution in [1.82, 2.24) is 0 Å². The number of anilines is 2. The van der Waals surface area contributed by atoms with Gasteiger partial charge in [-0.25, -0.2) is 0 Å². The zero-order valence-electron chi connectivity index (χ0n) is 28.8. The maximum absolute atomic E-state index is 12.6. The third-order valence-electron chi connectivity index (χ3n) is 8.74. The maximum atomic E-state index is 12.6. The molecule has 0 heterocycles. The molecule has 0 aliphatic carbocycles. The minimum absolute atomic E-state index is 0.0407. The number of hydrogen-bond donors (Lipinski definition) is 2. The molecule has 1 rings (SSSR count). The number of nitrogens with one attached hydrogen (secondary N) is 2. The van der Waals surface area contributed by atoms with Gasteiger partial charge in [0, 0.05) is 12.8 Å². The Morgan fingerprint density at radius 2 is 0.744 bits per heavy atom. The molecule has 0 saturated heterocycles. The van der Waals surface area contributed by atoms with Crippen molar-refractivity contribution in [2.75, 3.05) is 10.6 Å². The van der Waals surface area contributed by atoms with Crippen LogP contribution in [-0.4, -0.2) is 11.8 Å². The average Bonchev–Trinajstić information content (AvgIpc) is 2.99. The molecule has 4 heteroatoms. The van der Waals surface area contributed by atoms with Gasteiger partial charge >= 0.3 is 0 Å². The van der Waals surface area contributed by atoms with Crippen molar-refractivity contribution in [1.29, 1.82) is 0 Å². The van der Waals surface area contributed by atoms with Gasteiger partial charge in [0.2, 0.25) is 11.8 Å². The second-order valence-electron chi connectivity index (χ2n) is 13.1. The summed E-state index contributed by atoms with van der Waals surface area (Å²) in [5.41, 5.74) is 2.51. The highest BCUT2D eigenvalue weighted by atomic mass is 16.2. The van der Waals surface area contributed by atoms with Crippen LogP contribution in [0.1, 0.15) is 199 Å². The molecule has 0 atom stereocenters. The minimum atomic E-state index is 0.0407. The predicted molar refractivity (Wildman–Crippen MR) is 189 cm³/mol. The first-order chi connectivity index (χ1) is 21.1. The molecule has 0 aliphatic heterocycles. The van der Waals surface area contributed by atoms with Crippen LogP contribution in [0.25, 0.3) is 0 Å². The number of carbonyl (C=O) groups excluding carboxylic acids is 2. The van der Waals surface area contributed by atoms with Gasteiger partial charge in [0.1, 0.15) is 0 Å². The lowest BCUT2D eigenvalue weighted by Crippen LogP contribution is -2.16. The number of aryl methyl sites for hydroxylation is 1. The van der Waals surface area contributed by atoms with E-state index in [2.05, 4.69) is 24.5 Å². The molecule has 1 aromatic rings. The number of unbranched alkanes of at least 4 members (excludes halogenated alkanes) is 24. The van der Waals surface area contributed by atoms with E-state index in [0.29, 0.717) is 18.5 Å². The van der Waals surface area contributed by atoms with Crippen molar-refractivity contribution < 1.29 is 9.59 Å². The van der Waals surface area contributed by atoms with Crippen molar-refractivity contribution in [3.63, 3.8) is 0 Å². The molecular formula is C39H70N2O2. The van der Waals surface area contributed by atoms with Crippen LogP contribution < -0.4 is 10.6 Å². The molecular weight excluding hydrogens is 528 g/mol. The van der Waals surface area contributed by atoms with Gasteiger partial charge in [-0.05, 0) is 37.5 Å². The van der Waals surface area contributed by atoms with Crippen LogP contribution in [0.5, 0.6) is 0 Å². The van der Waals surface area contributed by atoms with Crippen LogP contribution in [0, 0.1) is 6.92 Å². The quantitative estimate of drug-likeness (QED) is 0.0865. The summed E-state index contributed by atoms with van der Waals surface area (Å²) in [7, 11) is 0. The van der Waals surface area contributed by atoms with Gasteiger partial charge in [0.15, 0.2) is 0 Å². The van der Waals surface area contributed by atoms with Gasteiger partial charge in [-0.2, -0.15) is 0 Å². The monoisotopic (exact) mass is 599 g/mol. The summed E-state index contributed by atoms with van der Waals surface area (Å²) in [6.45, 7) is 6.56. The Labute approximate surface area is 267 Å². The molecule has 2 amide bonds. The summed E-state index contributed by atoms with van der Waals surface area (Å²) >= 11 is 0. The van der Waals surface area contributed by atoms with Crippen molar-refractivity contribution >= 4 is 23.2 Å². The summed E-state index contributed by atoms with van der Waals surface area (Å²) in [5.74, 6) is 0.0829. The van der Waals surface area contributed by atoms with E-state index in [9.17, 15) is 9.59 Å². The molecule has 0 aromatic heterocycles. The highest BCUT2D eigenvalue weighted by Crippen LogP contribution is 2.24. The summed E-state index contributed by atoms with van der Waals surface area (Å²) in [4.78, 5) is 25.3. The molecule has 0 bridgehead atoms. The van der Waals surface area contributed by atoms with Crippen LogP contribution in [0.15, 0.2) is 18.2 Å². The Balaban J connectivity index is 2.12. The number of hydrogen-bond acceptors (Lipinski definition) is 2. The Morgan fingerprint density at radius 3 is 1.09 bits per heavy atom. The molecule has 2 N–H and O–H groups in total. The fourth-order valence-corrected chi connectivity index (χ4v) is 5.90. The molecule has 0 spiro atoms. The Hall–Kier alpha value is -1.84. The summed E-state index contributed by atoms with van der Waals surface area (Å²) in [6.07, 6.45) is 34.9. The van der Waals surface area contributed by atoms with Crippen LogP contribution >= 0.6 is 0 Å². The standard InChI is InChI=1S/C39H70N2O2/c1-4-6-8-10-12-14-16-18-20-22-24-26-28-30-38(42)40-36-33-32-35(3)34-37(36)41-39(43)31-29-27-25-23-21-19-17-15-13-11-9-7-5-2/h32-34H,4-31H2,1-3H3,(H,40,42)(H,41,43). The summed E-state index contributed by atoms with van der Waals surface area (Å²) in [6, 6.07) is 5.86. The molecule has 43 heavy (non-hydrogen) atoms. The highest BCUT2D eigenvalue weighted by Gasteiger charge is 2.10. The topological polar surface area (TPSA) is 58.2 Å². The van der Waals surface area contributed by atoms with Crippen molar-refractivity contribution in [2.24, 2.45) is 0 Å². The molecule has 0 aliphatic rings. The number of benzene rings is 1. The van der Waals surface area contributed by atoms with E-state index in [1.165, 1.54) is 141 Å². The zero-order valence-corrected chi connectivity index (χ0v) is 28.8. The Kier molecular flexibility index (Phi) is 26.3. The van der Waals surface area contributed by atoms with Crippen LogP contribution in [0.2, 0.25) is 0 Å². The predicted octanol–water partition coefficient (Wildman–Crippen LogP) is 12.8. The SMILES string of the molecule is CCCCCCCCCCCCCCCC(=O)Nc1ccc(C)cc1NC(=O)CCCCCCCCCCCCCCC. The molecule has 0 radical (unpaired) electrons. The largest absolute Gasteiger partial charge is 0.324 e. The van der Waals surface area contributed by atoms with E-state index in [1.54, 1.807) is 0 Å². The lowest BCUT2D eigenvalue weighted by molar-refractivity contribution is -0.117. The lowest BCUT2D eigenvalue weighted by Gasteiger charge is -2.13. The lowest BCUT2D eigenvalue weighted by atomic mass is 10.0. The van der Waals surface area contributed by atoms with Crippen molar-refractivity contribution in [2.45, 2.75) is 201 Å². The smallest absolute Gasteiger partial charge is 0.224 e. The first-order valence-corrected chi connectivity index (χ1v) is 18.8. The van der Waals surface area contributed by atoms with Gasteiger partial charge in [-0.3, -0.25) is 9.59 Å². The van der Waals surface area contributed by atoms with Gasteiger partial charge in [-0.15, -0.1) is 0 Å². The fourth-order valence-electron chi connectivity index (χ4n) is 5.90. The molecule has 0 unspecified atom stereocenters. The molecule has 0 fully saturated rings. The third kappa shape index (κ3) is 24.2. The molecule has 248 valence electrons. The van der Waals surface area contributed by atoms with E-state index in [1.807, 2.05) is 25.1 Å². The first kappa shape index (κ1) is 39.2. The van der Waals surface area contributed by atoms with Crippen molar-refractivity contribution in [3.8, 4) is 0 Å². The van der Waals surface area contributed by atoms with Gasteiger partial charge in [0.25, 0.3) is 0 Å². The molecule has 0 saturated carbocycles. The van der Waals surface area contributed by atoms with Gasteiger partial charge in [0.05, 0.1) is 11.4 Å². The van der Waals surface area contributed by atoms with Gasteiger partial charge < -0.3 is 10.6 Å². The first-order valence-electron chi connectivity index (χ1n) is 18.8. The normalized spacial score (nSPS) is 11.1. The van der Waals surface area contributed by atoms with E-state index < -0.39 is 0 Å². The van der Waals surface area contributed by atoms with E-state index in [0.717, 1.165) is 36.9 Å². The number of rotatable bonds is 30. The maximum Gasteiger partial charge on any atom is 0.224 e. The second-order valence-corrected chi connectivity index (χ2v) is 13.1. The molecule has 1 aromatic carbocycles. The highest BCUT2D eigenvalue weighted by molar-refractivity contribution is 5.99. The third-order valence-corrected chi connectivity index (χ3v) is 8.74. The van der Waals surface area contributed by atoms with E-state index in [-0.39, 0.29) is 11.8 Å². The van der Waals surface area contributed by atoms with Gasteiger partial charge in [-0.1, -0.05) is 174 Å². The molecule has 4 nitrogen and oxygen atoms in total. The fraction of sp³-hybridized carbons (Fsp3) is 0.795. The van der Waals surface area contributed by atoms with Crippen LogP contribution in [0.3, 0.4) is 0 Å². The summed E-state index contributed by atoms with van der Waals surface area (Å²) < 4.78 is 0. The van der Waals surface area contributed by atoms with E-state index >= 15 is 0 Å².